The van der Waals surface area contributed by atoms with E-state index in [2.05, 4.69) is 24.7 Å². The molecule has 2 aromatic rings. The van der Waals surface area contributed by atoms with Crippen LogP contribution in [-0.2, 0) is 20.6 Å². The average Bonchev–Trinajstić information content (AvgIpc) is 3.33. The van der Waals surface area contributed by atoms with Crippen molar-refractivity contribution >= 4 is 6.08 Å². The van der Waals surface area contributed by atoms with Gasteiger partial charge in [-0.3, -0.25) is 0 Å². The fraction of sp³-hybridized carbons (Fsp3) is 0.458. The number of benzene rings is 1. The summed E-state index contributed by atoms with van der Waals surface area (Å²) < 4.78 is 33.8. The number of nitrogens with zero attached hydrogens (tertiary/aromatic N) is 2. The fourth-order valence-electron chi connectivity index (χ4n) is 5.15. The second-order valence-electron chi connectivity index (χ2n) is 8.61. The Morgan fingerprint density at radius 2 is 2.20 bits per heavy atom. The van der Waals surface area contributed by atoms with Crippen molar-refractivity contribution in [2.75, 3.05) is 19.8 Å². The first-order valence-electron chi connectivity index (χ1n) is 10.6. The Balaban J connectivity index is 1.45. The number of halogens is 1. The maximum Gasteiger partial charge on any atom is 0.178 e. The summed E-state index contributed by atoms with van der Waals surface area (Å²) in [5, 5.41) is 4.61. The largest absolute Gasteiger partial charge is 0.375 e. The maximum absolute atomic E-state index is 13.4. The molecule has 5 nitrogen and oxygen atoms in total. The van der Waals surface area contributed by atoms with Crippen molar-refractivity contribution in [3.8, 4) is 5.69 Å². The van der Waals surface area contributed by atoms with Crippen LogP contribution < -0.4 is 0 Å². The van der Waals surface area contributed by atoms with E-state index in [1.807, 2.05) is 10.9 Å². The lowest BCUT2D eigenvalue weighted by molar-refractivity contribution is -0.244. The first-order chi connectivity index (χ1) is 14.5. The standard InChI is InChI=1S/C24H27FN2O3/c1-3-11-28-15-21-16-29-24(30-21)10-4-5-18-12-22-17(13-23(18,24)2)14-26-27(22)20-8-6-19(25)7-9-20/h3,6-9,12,14,21H,1,4-5,10-11,13,15-16H2,2H3/t21?,23-,24?/m0/s1. The molecular formula is C24H27FN2O3. The highest BCUT2D eigenvalue weighted by Crippen LogP contribution is 2.57. The number of hydrogen-bond donors (Lipinski definition) is 0. The monoisotopic (exact) mass is 410 g/mol. The molecule has 6 heteroatoms. The first-order valence-corrected chi connectivity index (χ1v) is 10.6. The van der Waals surface area contributed by atoms with Crippen LogP contribution in [0.4, 0.5) is 4.39 Å². The van der Waals surface area contributed by atoms with Gasteiger partial charge in [0, 0.05) is 11.8 Å². The van der Waals surface area contributed by atoms with Crippen LogP contribution in [-0.4, -0.2) is 41.5 Å². The minimum atomic E-state index is -0.630. The van der Waals surface area contributed by atoms with E-state index < -0.39 is 5.79 Å². The molecule has 30 heavy (non-hydrogen) atoms. The SMILES string of the molecule is C=CCOCC1COC2(CCCC3=Cc4c(cnn4-c4ccc(F)cc4)C[C@@]32C)O1. The van der Waals surface area contributed by atoms with Crippen LogP contribution in [0.15, 0.2) is 48.7 Å². The average molecular weight is 410 g/mol. The molecule has 1 aliphatic heterocycles. The van der Waals surface area contributed by atoms with E-state index in [0.29, 0.717) is 19.8 Å². The van der Waals surface area contributed by atoms with E-state index in [4.69, 9.17) is 14.2 Å². The van der Waals surface area contributed by atoms with E-state index >= 15 is 0 Å². The van der Waals surface area contributed by atoms with Gasteiger partial charge in [0.2, 0.25) is 0 Å². The zero-order valence-electron chi connectivity index (χ0n) is 17.3. The van der Waals surface area contributed by atoms with E-state index in [9.17, 15) is 4.39 Å². The van der Waals surface area contributed by atoms with Gasteiger partial charge in [-0.25, -0.2) is 9.07 Å². The van der Waals surface area contributed by atoms with Crippen LogP contribution >= 0.6 is 0 Å². The van der Waals surface area contributed by atoms with Gasteiger partial charge in [0.15, 0.2) is 5.79 Å². The number of aromatic nitrogens is 2. The quantitative estimate of drug-likeness (QED) is 0.540. The predicted octanol–water partition coefficient (Wildman–Crippen LogP) is 4.46. The first kappa shape index (κ1) is 19.7. The van der Waals surface area contributed by atoms with E-state index in [0.717, 1.165) is 42.6 Å². The van der Waals surface area contributed by atoms with Crippen molar-refractivity contribution in [3.63, 3.8) is 0 Å². The van der Waals surface area contributed by atoms with Crippen LogP contribution in [0.3, 0.4) is 0 Å². The molecule has 158 valence electrons. The molecule has 2 aliphatic carbocycles. The second-order valence-corrected chi connectivity index (χ2v) is 8.61. The molecule has 1 spiro atoms. The molecule has 1 saturated carbocycles. The molecular weight excluding hydrogens is 383 g/mol. The molecule has 3 atom stereocenters. The molecule has 2 heterocycles. The molecule has 0 N–H and O–H groups in total. The summed E-state index contributed by atoms with van der Waals surface area (Å²) in [5.74, 6) is -0.878. The van der Waals surface area contributed by atoms with E-state index in [1.165, 1.54) is 17.7 Å². The molecule has 0 bridgehead atoms. The van der Waals surface area contributed by atoms with Crippen LogP contribution in [0.1, 0.15) is 37.4 Å². The predicted molar refractivity (Wildman–Crippen MR) is 112 cm³/mol. The second kappa shape index (κ2) is 7.45. The lowest BCUT2D eigenvalue weighted by Crippen LogP contribution is -2.53. The van der Waals surface area contributed by atoms with Crippen molar-refractivity contribution < 1.29 is 18.6 Å². The van der Waals surface area contributed by atoms with Crippen LogP contribution in [0.5, 0.6) is 0 Å². The zero-order valence-corrected chi connectivity index (χ0v) is 17.3. The maximum atomic E-state index is 13.4. The van der Waals surface area contributed by atoms with Crippen molar-refractivity contribution in [2.24, 2.45) is 5.41 Å². The fourth-order valence-corrected chi connectivity index (χ4v) is 5.15. The minimum absolute atomic E-state index is 0.0653. The molecule has 2 fully saturated rings. The van der Waals surface area contributed by atoms with Crippen LogP contribution in [0.2, 0.25) is 0 Å². The molecule has 1 saturated heterocycles. The van der Waals surface area contributed by atoms with Crippen LogP contribution in [0.25, 0.3) is 11.8 Å². The zero-order chi connectivity index (χ0) is 20.8. The topological polar surface area (TPSA) is 45.5 Å². The van der Waals surface area contributed by atoms with Gasteiger partial charge in [0.25, 0.3) is 0 Å². The molecule has 5 rings (SSSR count). The summed E-state index contributed by atoms with van der Waals surface area (Å²) in [7, 11) is 0. The minimum Gasteiger partial charge on any atom is -0.375 e. The van der Waals surface area contributed by atoms with Crippen molar-refractivity contribution in [1.29, 1.82) is 0 Å². The third-order valence-electron chi connectivity index (χ3n) is 6.71. The van der Waals surface area contributed by atoms with E-state index in [-0.39, 0.29) is 17.3 Å². The Morgan fingerprint density at radius 1 is 1.37 bits per heavy atom. The summed E-state index contributed by atoms with van der Waals surface area (Å²) in [6.07, 6.45) is 9.54. The Kier molecular flexibility index (Phi) is 4.88. The normalized spacial score (nSPS) is 30.1. The van der Waals surface area contributed by atoms with Crippen molar-refractivity contribution in [3.05, 3.63) is 65.8 Å². The van der Waals surface area contributed by atoms with Gasteiger partial charge in [-0.15, -0.1) is 6.58 Å². The van der Waals surface area contributed by atoms with Gasteiger partial charge < -0.3 is 14.2 Å². The molecule has 0 amide bonds. The number of ether oxygens (including phenoxy) is 3. The number of rotatable bonds is 5. The third-order valence-corrected chi connectivity index (χ3v) is 6.71. The van der Waals surface area contributed by atoms with Crippen LogP contribution in [0, 0.1) is 11.2 Å². The number of fused-ring (bicyclic) bond motifs is 3. The lowest BCUT2D eigenvalue weighted by Gasteiger charge is -2.51. The van der Waals surface area contributed by atoms with Gasteiger partial charge in [-0.05, 0) is 55.2 Å². The van der Waals surface area contributed by atoms with Crippen molar-refractivity contribution in [2.45, 2.75) is 44.5 Å². The van der Waals surface area contributed by atoms with Gasteiger partial charge >= 0.3 is 0 Å². The lowest BCUT2D eigenvalue weighted by atomic mass is 9.62. The summed E-state index contributed by atoms with van der Waals surface area (Å²) in [4.78, 5) is 0. The smallest absolute Gasteiger partial charge is 0.178 e. The molecule has 1 aromatic carbocycles. The summed E-state index contributed by atoms with van der Waals surface area (Å²) >= 11 is 0. The molecule has 0 radical (unpaired) electrons. The van der Waals surface area contributed by atoms with Gasteiger partial charge in [-0.2, -0.15) is 5.10 Å². The van der Waals surface area contributed by atoms with Gasteiger partial charge in [0.05, 0.1) is 37.4 Å². The summed E-state index contributed by atoms with van der Waals surface area (Å²) in [5.41, 5.74) is 4.16. The number of hydrogen-bond acceptors (Lipinski definition) is 4. The Hall–Kier alpha value is -2.28. The van der Waals surface area contributed by atoms with Crippen molar-refractivity contribution in [1.82, 2.24) is 9.78 Å². The van der Waals surface area contributed by atoms with Gasteiger partial charge in [-0.1, -0.05) is 18.6 Å². The van der Waals surface area contributed by atoms with Gasteiger partial charge in [0.1, 0.15) is 11.9 Å². The highest BCUT2D eigenvalue weighted by atomic mass is 19.1. The Bertz CT molecular complexity index is 983. The third kappa shape index (κ3) is 3.06. The molecule has 3 aliphatic rings. The summed E-state index contributed by atoms with van der Waals surface area (Å²) in [6.45, 7) is 7.51. The Labute approximate surface area is 176 Å². The highest BCUT2D eigenvalue weighted by Gasteiger charge is 2.59. The molecule has 1 aromatic heterocycles. The Morgan fingerprint density at radius 3 is 3.00 bits per heavy atom. The van der Waals surface area contributed by atoms with E-state index in [1.54, 1.807) is 18.2 Å². The highest BCUT2D eigenvalue weighted by molar-refractivity contribution is 5.62. The summed E-state index contributed by atoms with van der Waals surface area (Å²) in [6, 6.07) is 6.45. The molecule has 2 unspecified atom stereocenters.